The Morgan fingerprint density at radius 1 is 1.22 bits per heavy atom. The van der Waals surface area contributed by atoms with Crippen LogP contribution in [0.1, 0.15) is 30.9 Å². The van der Waals surface area contributed by atoms with Crippen molar-refractivity contribution in [1.82, 2.24) is 0 Å². The second-order valence-corrected chi connectivity index (χ2v) is 5.67. The first-order chi connectivity index (χ1) is 8.40. The lowest BCUT2D eigenvalue weighted by molar-refractivity contribution is -0.120. The van der Waals surface area contributed by atoms with E-state index in [0.29, 0.717) is 6.42 Å². The molecule has 1 atom stereocenters. The van der Waals surface area contributed by atoms with Crippen molar-refractivity contribution in [2.75, 3.05) is 5.75 Å². The van der Waals surface area contributed by atoms with E-state index in [0.717, 1.165) is 5.56 Å². The van der Waals surface area contributed by atoms with E-state index in [4.69, 9.17) is 10.3 Å². The van der Waals surface area contributed by atoms with Crippen molar-refractivity contribution in [3.05, 3.63) is 35.9 Å². The largest absolute Gasteiger partial charge is 0.318 e. The second kappa shape index (κ2) is 6.63. The highest BCUT2D eigenvalue weighted by molar-refractivity contribution is 7.85. The molecule has 0 bridgehead atoms. The van der Waals surface area contributed by atoms with Gasteiger partial charge in [0.25, 0.3) is 10.1 Å². The number of rotatable bonds is 7. The Balaban J connectivity index is 2.38. The van der Waals surface area contributed by atoms with Crippen molar-refractivity contribution in [3.63, 3.8) is 0 Å². The summed E-state index contributed by atoms with van der Waals surface area (Å²) in [6.07, 6.45) is 0.872. The number of hydrogen-bond acceptors (Lipinski definition) is 4. The summed E-state index contributed by atoms with van der Waals surface area (Å²) in [7, 11) is -3.94. The van der Waals surface area contributed by atoms with Crippen molar-refractivity contribution in [3.8, 4) is 0 Å². The predicted octanol–water partition coefficient (Wildman–Crippen LogP) is 1.31. The topological polar surface area (TPSA) is 97.5 Å². The van der Waals surface area contributed by atoms with Gasteiger partial charge in [-0.05, 0) is 18.4 Å². The average molecular weight is 271 g/mol. The van der Waals surface area contributed by atoms with E-state index < -0.39 is 16.2 Å². The zero-order chi connectivity index (χ0) is 13.6. The van der Waals surface area contributed by atoms with Crippen LogP contribution in [-0.4, -0.2) is 24.5 Å². The molecule has 0 aliphatic heterocycles. The molecule has 1 rings (SSSR count). The SMILES string of the molecule is N[C@H](C(=O)CCCCS(=O)(=O)O)c1ccccc1. The maximum absolute atomic E-state index is 11.7. The third-order valence-electron chi connectivity index (χ3n) is 2.58. The third-order valence-corrected chi connectivity index (χ3v) is 3.39. The first kappa shape index (κ1) is 14.8. The van der Waals surface area contributed by atoms with Gasteiger partial charge in [-0.3, -0.25) is 9.35 Å². The standard InChI is InChI=1S/C12H17NO4S/c13-12(10-6-2-1-3-7-10)11(14)8-4-5-9-18(15,16)17/h1-3,6-7,12H,4-5,8-9,13H2,(H,15,16,17)/t12-/m0/s1. The van der Waals surface area contributed by atoms with Crippen molar-refractivity contribution in [2.45, 2.75) is 25.3 Å². The summed E-state index contributed by atoms with van der Waals surface area (Å²) in [5, 5.41) is 0. The molecule has 0 amide bonds. The zero-order valence-corrected chi connectivity index (χ0v) is 10.8. The maximum atomic E-state index is 11.7. The monoisotopic (exact) mass is 271 g/mol. The minimum absolute atomic E-state index is 0.128. The summed E-state index contributed by atoms with van der Waals surface area (Å²) in [5.41, 5.74) is 6.54. The Labute approximate surface area is 107 Å². The molecular weight excluding hydrogens is 254 g/mol. The predicted molar refractivity (Wildman–Crippen MR) is 68.6 cm³/mol. The number of hydrogen-bond donors (Lipinski definition) is 2. The fourth-order valence-corrected chi connectivity index (χ4v) is 2.15. The quantitative estimate of drug-likeness (QED) is 0.575. The van der Waals surface area contributed by atoms with Crippen LogP contribution < -0.4 is 5.73 Å². The van der Waals surface area contributed by atoms with Gasteiger partial charge in [0.2, 0.25) is 0 Å². The van der Waals surface area contributed by atoms with E-state index in [2.05, 4.69) is 0 Å². The van der Waals surface area contributed by atoms with Crippen LogP contribution in [0.4, 0.5) is 0 Å². The number of unbranched alkanes of at least 4 members (excludes halogenated alkanes) is 1. The molecule has 6 heteroatoms. The summed E-state index contributed by atoms with van der Waals surface area (Å²) < 4.78 is 29.5. The van der Waals surface area contributed by atoms with Crippen LogP contribution in [0, 0.1) is 0 Å². The molecule has 0 saturated heterocycles. The molecule has 0 aliphatic rings. The highest BCUT2D eigenvalue weighted by atomic mass is 32.2. The lowest BCUT2D eigenvalue weighted by atomic mass is 10.0. The fraction of sp³-hybridized carbons (Fsp3) is 0.417. The van der Waals surface area contributed by atoms with Crippen LogP contribution in [0.2, 0.25) is 0 Å². The molecule has 5 nitrogen and oxygen atoms in total. The van der Waals surface area contributed by atoms with Crippen molar-refractivity contribution >= 4 is 15.9 Å². The molecule has 1 aromatic carbocycles. The average Bonchev–Trinajstić information content (AvgIpc) is 2.33. The van der Waals surface area contributed by atoms with Crippen molar-refractivity contribution in [1.29, 1.82) is 0 Å². The Morgan fingerprint density at radius 2 is 1.83 bits per heavy atom. The molecule has 0 aliphatic carbocycles. The molecule has 100 valence electrons. The molecule has 18 heavy (non-hydrogen) atoms. The molecule has 3 N–H and O–H groups in total. The highest BCUT2D eigenvalue weighted by Crippen LogP contribution is 2.13. The van der Waals surface area contributed by atoms with Crippen LogP contribution >= 0.6 is 0 Å². The summed E-state index contributed by atoms with van der Waals surface area (Å²) in [6.45, 7) is 0. The minimum Gasteiger partial charge on any atom is -0.318 e. The molecule has 0 heterocycles. The Morgan fingerprint density at radius 3 is 2.39 bits per heavy atom. The van der Waals surface area contributed by atoms with E-state index in [1.807, 2.05) is 6.07 Å². The number of Topliss-reactive ketones (excluding diaryl/α,β-unsaturated/α-hetero) is 1. The van der Waals surface area contributed by atoms with Gasteiger partial charge in [0.05, 0.1) is 11.8 Å². The van der Waals surface area contributed by atoms with Gasteiger partial charge in [0.1, 0.15) is 0 Å². The van der Waals surface area contributed by atoms with Gasteiger partial charge >= 0.3 is 0 Å². The highest BCUT2D eigenvalue weighted by Gasteiger charge is 2.15. The van der Waals surface area contributed by atoms with Gasteiger partial charge in [-0.25, -0.2) is 0 Å². The van der Waals surface area contributed by atoms with Crippen LogP contribution in [0.5, 0.6) is 0 Å². The summed E-state index contributed by atoms with van der Waals surface area (Å²) in [4.78, 5) is 11.7. The van der Waals surface area contributed by atoms with Crippen molar-refractivity contribution in [2.24, 2.45) is 5.73 Å². The van der Waals surface area contributed by atoms with E-state index in [1.54, 1.807) is 24.3 Å². The molecule has 0 unspecified atom stereocenters. The summed E-state index contributed by atoms with van der Waals surface area (Å²) in [6, 6.07) is 8.34. The second-order valence-electron chi connectivity index (χ2n) is 4.10. The van der Waals surface area contributed by atoms with E-state index in [1.165, 1.54) is 0 Å². The van der Waals surface area contributed by atoms with Crippen LogP contribution in [-0.2, 0) is 14.9 Å². The Hall–Kier alpha value is -1.24. The van der Waals surface area contributed by atoms with E-state index >= 15 is 0 Å². The van der Waals surface area contributed by atoms with Crippen LogP contribution in [0.25, 0.3) is 0 Å². The fourth-order valence-electron chi connectivity index (χ4n) is 1.59. The van der Waals surface area contributed by atoms with Gasteiger partial charge < -0.3 is 5.73 Å². The van der Waals surface area contributed by atoms with Gasteiger partial charge in [-0.2, -0.15) is 8.42 Å². The van der Waals surface area contributed by atoms with Gasteiger partial charge in [0, 0.05) is 6.42 Å². The molecule has 1 aromatic rings. The first-order valence-electron chi connectivity index (χ1n) is 5.68. The smallest absolute Gasteiger partial charge is 0.264 e. The lowest BCUT2D eigenvalue weighted by Gasteiger charge is -2.10. The normalized spacial score (nSPS) is 13.2. The number of benzene rings is 1. The third kappa shape index (κ3) is 5.39. The molecule has 0 aromatic heterocycles. The molecule has 0 fully saturated rings. The minimum atomic E-state index is -3.94. The molecule has 0 spiro atoms. The maximum Gasteiger partial charge on any atom is 0.264 e. The van der Waals surface area contributed by atoms with Gasteiger partial charge in [0.15, 0.2) is 5.78 Å². The van der Waals surface area contributed by atoms with E-state index in [-0.39, 0.29) is 24.4 Å². The summed E-state index contributed by atoms with van der Waals surface area (Å²) in [5.74, 6) is -0.447. The van der Waals surface area contributed by atoms with Crippen LogP contribution in [0.3, 0.4) is 0 Å². The Kier molecular flexibility index (Phi) is 5.46. The summed E-state index contributed by atoms with van der Waals surface area (Å²) >= 11 is 0. The first-order valence-corrected chi connectivity index (χ1v) is 7.29. The zero-order valence-electron chi connectivity index (χ0n) is 9.95. The number of ketones is 1. The molecule has 0 radical (unpaired) electrons. The molecule has 0 saturated carbocycles. The van der Waals surface area contributed by atoms with Gasteiger partial charge in [-0.15, -0.1) is 0 Å². The van der Waals surface area contributed by atoms with Crippen LogP contribution in [0.15, 0.2) is 30.3 Å². The Bertz CT molecular complexity index is 484. The van der Waals surface area contributed by atoms with Crippen molar-refractivity contribution < 1.29 is 17.8 Å². The molecular formula is C12H17NO4S. The number of nitrogens with two attached hydrogens (primary N) is 1. The van der Waals surface area contributed by atoms with E-state index in [9.17, 15) is 13.2 Å². The number of carbonyl (C=O) groups is 1. The lowest BCUT2D eigenvalue weighted by Crippen LogP contribution is -2.21. The van der Waals surface area contributed by atoms with Gasteiger partial charge in [-0.1, -0.05) is 30.3 Å². The number of carbonyl (C=O) groups excluding carboxylic acids is 1.